The topological polar surface area (TPSA) is 114 Å². The van der Waals surface area contributed by atoms with Gasteiger partial charge in [0.2, 0.25) is 5.91 Å². The normalized spacial score (nSPS) is 16.9. The second-order valence-electron chi connectivity index (χ2n) is 12.2. The molecule has 1 aliphatic carbocycles. The van der Waals surface area contributed by atoms with E-state index >= 15 is 0 Å². The maximum Gasteiger partial charge on any atom is 0.317 e. The van der Waals surface area contributed by atoms with Crippen molar-refractivity contribution in [3.63, 3.8) is 0 Å². The number of urea groups is 1. The third-order valence-corrected chi connectivity index (χ3v) is 9.01. The summed E-state index contributed by atoms with van der Waals surface area (Å²) in [6, 6.07) is 14.8. The van der Waals surface area contributed by atoms with Crippen LogP contribution in [-0.4, -0.2) is 71.7 Å². The van der Waals surface area contributed by atoms with Gasteiger partial charge in [0.25, 0.3) is 5.91 Å². The largest absolute Gasteiger partial charge is 0.389 e. The Bertz CT molecular complexity index is 1230. The maximum atomic E-state index is 13.9. The summed E-state index contributed by atoms with van der Waals surface area (Å²) >= 11 is 0. The van der Waals surface area contributed by atoms with Gasteiger partial charge in [0, 0.05) is 48.5 Å². The van der Waals surface area contributed by atoms with Gasteiger partial charge in [-0.05, 0) is 69.2 Å². The molecule has 0 spiro atoms. The van der Waals surface area contributed by atoms with Crippen LogP contribution in [0.3, 0.4) is 0 Å². The Balaban J connectivity index is 1.55. The molecule has 9 heteroatoms. The Kier molecular flexibility index (Phi) is 12.5. The second-order valence-corrected chi connectivity index (χ2v) is 12.2. The molecule has 1 heterocycles. The van der Waals surface area contributed by atoms with E-state index in [1.54, 1.807) is 15.9 Å². The number of carbonyl (C=O) groups is 3. The molecule has 2 aliphatic rings. The minimum atomic E-state index is -0.998. The van der Waals surface area contributed by atoms with Crippen molar-refractivity contribution in [1.29, 1.82) is 0 Å². The van der Waals surface area contributed by atoms with Crippen LogP contribution in [0.25, 0.3) is 0 Å². The first-order valence-electron chi connectivity index (χ1n) is 16.6. The van der Waals surface area contributed by atoms with Crippen LogP contribution in [0.15, 0.2) is 48.5 Å². The third kappa shape index (κ3) is 9.21. The quantitative estimate of drug-likeness (QED) is 0.228. The molecule has 2 atom stereocenters. The fraction of sp³-hybridized carbons (Fsp3) is 0.571. The number of anilines is 2. The van der Waals surface area contributed by atoms with Gasteiger partial charge in [-0.15, -0.1) is 0 Å². The Hall–Kier alpha value is -3.59. The molecule has 44 heavy (non-hydrogen) atoms. The fourth-order valence-electron chi connectivity index (χ4n) is 6.26. The fourth-order valence-corrected chi connectivity index (χ4v) is 6.26. The molecule has 1 saturated heterocycles. The maximum absolute atomic E-state index is 13.9. The molecule has 2 fully saturated rings. The average Bonchev–Trinajstić information content (AvgIpc) is 3.48. The van der Waals surface area contributed by atoms with Crippen molar-refractivity contribution in [2.24, 2.45) is 0 Å². The van der Waals surface area contributed by atoms with Gasteiger partial charge in [-0.3, -0.25) is 9.59 Å². The zero-order valence-electron chi connectivity index (χ0n) is 26.7. The molecule has 2 aromatic rings. The zero-order valence-corrected chi connectivity index (χ0v) is 26.7. The van der Waals surface area contributed by atoms with Crippen molar-refractivity contribution in [2.75, 3.05) is 29.9 Å². The molecule has 1 saturated carbocycles. The van der Waals surface area contributed by atoms with E-state index < -0.39 is 12.1 Å². The summed E-state index contributed by atoms with van der Waals surface area (Å²) in [5.74, 6) is -0.277. The van der Waals surface area contributed by atoms with Gasteiger partial charge in [-0.1, -0.05) is 63.4 Å². The molecular weight excluding hydrogens is 554 g/mol. The molecule has 2 unspecified atom stereocenters. The molecule has 2 aromatic carbocycles. The molecule has 4 amide bonds. The number of benzene rings is 2. The van der Waals surface area contributed by atoms with E-state index in [1.807, 2.05) is 49.4 Å². The van der Waals surface area contributed by atoms with E-state index in [9.17, 15) is 19.5 Å². The number of nitrogens with zero attached hydrogens (tertiary/aromatic N) is 2. The predicted octanol–water partition coefficient (Wildman–Crippen LogP) is 5.48. The Morgan fingerprint density at radius 1 is 1.00 bits per heavy atom. The predicted molar refractivity (Wildman–Crippen MR) is 176 cm³/mol. The second kappa shape index (κ2) is 16.5. The van der Waals surface area contributed by atoms with E-state index in [0.29, 0.717) is 37.2 Å². The van der Waals surface area contributed by atoms with Crippen LogP contribution in [-0.2, 0) is 11.2 Å². The molecule has 4 N–H and O–H groups in total. The molecule has 1 aliphatic heterocycles. The summed E-state index contributed by atoms with van der Waals surface area (Å²) in [5, 5.41) is 21.3. The smallest absolute Gasteiger partial charge is 0.317 e. The highest BCUT2D eigenvalue weighted by atomic mass is 16.3. The first kappa shape index (κ1) is 33.3. The lowest BCUT2D eigenvalue weighted by Gasteiger charge is -2.32. The third-order valence-electron chi connectivity index (χ3n) is 9.01. The molecule has 240 valence electrons. The van der Waals surface area contributed by atoms with Gasteiger partial charge in [0.05, 0.1) is 18.7 Å². The van der Waals surface area contributed by atoms with Gasteiger partial charge in [0.1, 0.15) is 0 Å². The van der Waals surface area contributed by atoms with Crippen molar-refractivity contribution in [3.8, 4) is 0 Å². The monoisotopic (exact) mass is 605 g/mol. The Morgan fingerprint density at radius 2 is 1.73 bits per heavy atom. The summed E-state index contributed by atoms with van der Waals surface area (Å²) in [6.45, 7) is 7.30. The minimum absolute atomic E-state index is 0.0552. The van der Waals surface area contributed by atoms with Gasteiger partial charge >= 0.3 is 6.03 Å². The SMILES string of the molecule is CCC(CC)Nc1cc(C(=O)NC(Cc2ccccc2)C(O)CN(CC)C(=O)NC2CCCCC2)cc(N2CCCC2=O)c1. The van der Waals surface area contributed by atoms with Crippen molar-refractivity contribution in [2.45, 2.75) is 109 Å². The van der Waals surface area contributed by atoms with Crippen LogP contribution in [0.2, 0.25) is 0 Å². The first-order valence-corrected chi connectivity index (χ1v) is 16.6. The van der Waals surface area contributed by atoms with Crippen molar-refractivity contribution in [1.82, 2.24) is 15.5 Å². The number of rotatable bonds is 14. The van der Waals surface area contributed by atoms with Crippen molar-refractivity contribution >= 4 is 29.2 Å². The number of nitrogens with one attached hydrogen (secondary N) is 3. The van der Waals surface area contributed by atoms with Crippen LogP contribution in [0.5, 0.6) is 0 Å². The lowest BCUT2D eigenvalue weighted by Crippen LogP contribution is -2.53. The van der Waals surface area contributed by atoms with Crippen molar-refractivity contribution in [3.05, 3.63) is 59.7 Å². The van der Waals surface area contributed by atoms with Crippen LogP contribution < -0.4 is 20.9 Å². The van der Waals surface area contributed by atoms with Gasteiger partial charge < -0.3 is 30.9 Å². The average molecular weight is 606 g/mol. The van der Waals surface area contributed by atoms with Crippen LogP contribution in [0.4, 0.5) is 16.2 Å². The van der Waals surface area contributed by atoms with E-state index in [4.69, 9.17) is 0 Å². The number of amides is 4. The summed E-state index contributed by atoms with van der Waals surface area (Å²) in [6.07, 6.45) is 7.95. The van der Waals surface area contributed by atoms with Gasteiger partial charge in [-0.25, -0.2) is 4.79 Å². The number of likely N-dealkylation sites (N-methyl/N-ethyl adjacent to an activating group) is 1. The highest BCUT2D eigenvalue weighted by Gasteiger charge is 2.28. The molecule has 0 aromatic heterocycles. The summed E-state index contributed by atoms with van der Waals surface area (Å²) in [4.78, 5) is 43.0. The van der Waals surface area contributed by atoms with Gasteiger partial charge in [0.15, 0.2) is 0 Å². The Labute approximate surface area is 262 Å². The Morgan fingerprint density at radius 3 is 2.36 bits per heavy atom. The van der Waals surface area contributed by atoms with E-state index in [-0.39, 0.29) is 36.5 Å². The highest BCUT2D eigenvalue weighted by Crippen LogP contribution is 2.28. The summed E-state index contributed by atoms with van der Waals surface area (Å²) in [7, 11) is 0. The summed E-state index contributed by atoms with van der Waals surface area (Å²) < 4.78 is 0. The van der Waals surface area contributed by atoms with Crippen molar-refractivity contribution < 1.29 is 19.5 Å². The van der Waals surface area contributed by atoms with E-state index in [0.717, 1.165) is 56.2 Å². The van der Waals surface area contributed by atoms with Crippen LogP contribution in [0.1, 0.15) is 94.5 Å². The number of hydrogen-bond donors (Lipinski definition) is 4. The highest BCUT2D eigenvalue weighted by molar-refractivity contribution is 6.00. The number of hydrogen-bond acceptors (Lipinski definition) is 5. The van der Waals surface area contributed by atoms with Crippen LogP contribution in [0, 0.1) is 0 Å². The summed E-state index contributed by atoms with van der Waals surface area (Å²) in [5.41, 5.74) is 2.88. The molecule has 4 rings (SSSR count). The van der Waals surface area contributed by atoms with E-state index in [2.05, 4.69) is 29.8 Å². The molecule has 0 radical (unpaired) electrons. The lowest BCUT2D eigenvalue weighted by molar-refractivity contribution is -0.117. The van der Waals surface area contributed by atoms with Crippen LogP contribution >= 0.6 is 0 Å². The number of carbonyl (C=O) groups excluding carboxylic acids is 3. The first-order chi connectivity index (χ1) is 21.3. The molecule has 0 bridgehead atoms. The van der Waals surface area contributed by atoms with Gasteiger partial charge in [-0.2, -0.15) is 0 Å². The number of aliphatic hydroxyl groups excluding tert-OH is 1. The van der Waals surface area contributed by atoms with E-state index in [1.165, 1.54) is 6.42 Å². The minimum Gasteiger partial charge on any atom is -0.389 e. The molecule has 9 nitrogen and oxygen atoms in total. The lowest BCUT2D eigenvalue weighted by atomic mass is 9.96. The zero-order chi connectivity index (χ0) is 31.5. The standard InChI is InChI=1S/C35H51N5O4/c1-4-27(5-2)36-29-21-26(22-30(23-29)40-19-13-18-33(40)42)34(43)38-31(20-25-14-9-7-10-15-25)32(41)24-39(6-3)35(44)37-28-16-11-8-12-17-28/h7,9-10,14-15,21-23,27-28,31-32,36,41H,4-6,8,11-13,16-20,24H2,1-3H3,(H,37,44)(H,38,43). The number of aliphatic hydroxyl groups is 1. The molecular formula is C35H51N5O4.